The molecule has 114 valence electrons. The van der Waals surface area contributed by atoms with Crippen molar-refractivity contribution >= 4 is 5.97 Å². The van der Waals surface area contributed by atoms with Crippen molar-refractivity contribution in [2.45, 2.75) is 65.2 Å². The smallest absolute Gasteiger partial charge is 0.305 e. The summed E-state index contributed by atoms with van der Waals surface area (Å²) in [4.78, 5) is 11.5. The molecule has 0 amide bonds. The van der Waals surface area contributed by atoms with Crippen molar-refractivity contribution < 1.29 is 19.7 Å². The highest BCUT2D eigenvalue weighted by Crippen LogP contribution is 2.21. The second kappa shape index (κ2) is 11.2. The molecule has 0 aromatic heterocycles. The van der Waals surface area contributed by atoms with Gasteiger partial charge in [0.05, 0.1) is 18.6 Å². The normalized spacial score (nSPS) is 11.6. The lowest BCUT2D eigenvalue weighted by molar-refractivity contribution is -0.149. The van der Waals surface area contributed by atoms with Crippen LogP contribution in [0.4, 0.5) is 0 Å². The first-order valence-electron chi connectivity index (χ1n) is 7.51. The van der Waals surface area contributed by atoms with Gasteiger partial charge in [0.15, 0.2) is 0 Å². The highest BCUT2D eigenvalue weighted by atomic mass is 16.5. The molecule has 0 aromatic rings. The maximum Gasteiger partial charge on any atom is 0.305 e. The highest BCUT2D eigenvalue weighted by molar-refractivity contribution is 5.69. The van der Waals surface area contributed by atoms with E-state index in [0.29, 0.717) is 12.8 Å². The molecule has 0 radical (unpaired) electrons. The van der Waals surface area contributed by atoms with Gasteiger partial charge in [0.25, 0.3) is 0 Å². The first-order valence-corrected chi connectivity index (χ1v) is 7.51. The molecular formula is C15H30O4. The molecule has 0 aliphatic carbocycles. The van der Waals surface area contributed by atoms with Gasteiger partial charge in [-0.2, -0.15) is 0 Å². The molecule has 0 aliphatic rings. The van der Waals surface area contributed by atoms with Gasteiger partial charge in [-0.3, -0.25) is 4.79 Å². The van der Waals surface area contributed by atoms with Crippen molar-refractivity contribution in [2.24, 2.45) is 5.41 Å². The number of unbranched alkanes of at least 4 members (excludes halogenated alkanes) is 5. The molecule has 0 bridgehead atoms. The van der Waals surface area contributed by atoms with E-state index in [1.807, 2.05) is 6.92 Å². The molecule has 0 aliphatic heterocycles. The van der Waals surface area contributed by atoms with Crippen LogP contribution >= 0.6 is 0 Å². The van der Waals surface area contributed by atoms with E-state index in [9.17, 15) is 15.0 Å². The Kier molecular flexibility index (Phi) is 10.9. The minimum atomic E-state index is -0.684. The van der Waals surface area contributed by atoms with E-state index in [1.165, 1.54) is 25.7 Å². The van der Waals surface area contributed by atoms with Gasteiger partial charge in [0, 0.05) is 6.42 Å². The lowest BCUT2D eigenvalue weighted by Crippen LogP contribution is -2.35. The molecule has 0 rings (SSSR count). The number of carbonyl (C=O) groups is 1. The second-order valence-corrected chi connectivity index (χ2v) is 5.35. The van der Waals surface area contributed by atoms with Gasteiger partial charge in [-0.25, -0.2) is 0 Å². The van der Waals surface area contributed by atoms with E-state index in [1.54, 1.807) is 0 Å². The Morgan fingerprint density at radius 3 is 2.11 bits per heavy atom. The average molecular weight is 274 g/mol. The molecule has 0 aromatic carbocycles. The van der Waals surface area contributed by atoms with Crippen molar-refractivity contribution in [2.75, 3.05) is 19.8 Å². The van der Waals surface area contributed by atoms with Crippen LogP contribution in [0.25, 0.3) is 0 Å². The zero-order valence-corrected chi connectivity index (χ0v) is 12.5. The zero-order chi connectivity index (χ0) is 14.6. The molecule has 0 saturated carbocycles. The van der Waals surface area contributed by atoms with Crippen molar-refractivity contribution in [3.63, 3.8) is 0 Å². The summed E-state index contributed by atoms with van der Waals surface area (Å²) in [5.74, 6) is -0.227. The molecule has 0 fully saturated rings. The summed E-state index contributed by atoms with van der Waals surface area (Å²) < 4.78 is 5.15. The van der Waals surface area contributed by atoms with E-state index < -0.39 is 5.41 Å². The third-order valence-electron chi connectivity index (χ3n) is 3.69. The number of esters is 1. The molecule has 4 heteroatoms. The summed E-state index contributed by atoms with van der Waals surface area (Å²) in [6.07, 6.45) is 7.84. The number of rotatable bonds is 12. The third-order valence-corrected chi connectivity index (χ3v) is 3.69. The number of carbonyl (C=O) groups excluding carboxylic acids is 1. The average Bonchev–Trinajstić information content (AvgIpc) is 2.45. The van der Waals surface area contributed by atoms with E-state index in [-0.39, 0.29) is 25.8 Å². The summed E-state index contributed by atoms with van der Waals surface area (Å²) in [6.45, 7) is 3.83. The highest BCUT2D eigenvalue weighted by Gasteiger charge is 2.28. The Hall–Kier alpha value is -0.610. The van der Waals surface area contributed by atoms with Crippen LogP contribution in [0.1, 0.15) is 65.2 Å². The van der Waals surface area contributed by atoms with Crippen LogP contribution in [0.2, 0.25) is 0 Å². The van der Waals surface area contributed by atoms with E-state index in [2.05, 4.69) is 6.92 Å². The minimum absolute atomic E-state index is 0.102. The number of aliphatic hydroxyl groups is 2. The Labute approximate surface area is 117 Å². The molecular weight excluding hydrogens is 244 g/mol. The predicted molar refractivity (Wildman–Crippen MR) is 75.8 cm³/mol. The molecule has 0 spiro atoms. The summed E-state index contributed by atoms with van der Waals surface area (Å²) >= 11 is 0. The van der Waals surface area contributed by atoms with E-state index >= 15 is 0 Å². The summed E-state index contributed by atoms with van der Waals surface area (Å²) in [5.41, 5.74) is -0.684. The van der Waals surface area contributed by atoms with Crippen LogP contribution in [-0.2, 0) is 9.53 Å². The van der Waals surface area contributed by atoms with Crippen LogP contribution < -0.4 is 0 Å². The van der Waals surface area contributed by atoms with Gasteiger partial charge < -0.3 is 14.9 Å². The standard InChI is InChI=1S/C15H30O4/c1-3-5-6-7-8-9-10-14(18)19-13-15(4-2,11-16)12-17/h16-17H,3-13H2,1-2H3. The number of hydrogen-bond acceptors (Lipinski definition) is 4. The van der Waals surface area contributed by atoms with Gasteiger partial charge in [-0.15, -0.1) is 0 Å². The van der Waals surface area contributed by atoms with Gasteiger partial charge in [-0.05, 0) is 12.8 Å². The zero-order valence-electron chi connectivity index (χ0n) is 12.5. The first kappa shape index (κ1) is 18.4. The minimum Gasteiger partial charge on any atom is -0.465 e. The van der Waals surface area contributed by atoms with Gasteiger partial charge in [0.1, 0.15) is 6.61 Å². The van der Waals surface area contributed by atoms with E-state index in [0.717, 1.165) is 12.8 Å². The molecule has 19 heavy (non-hydrogen) atoms. The summed E-state index contributed by atoms with van der Waals surface area (Å²) in [7, 11) is 0. The van der Waals surface area contributed by atoms with Crippen LogP contribution in [0, 0.1) is 5.41 Å². The number of ether oxygens (including phenoxy) is 1. The van der Waals surface area contributed by atoms with Crippen molar-refractivity contribution in [1.29, 1.82) is 0 Å². The van der Waals surface area contributed by atoms with Crippen molar-refractivity contribution in [3.05, 3.63) is 0 Å². The monoisotopic (exact) mass is 274 g/mol. The van der Waals surface area contributed by atoms with Gasteiger partial charge in [-0.1, -0.05) is 46.0 Å². The van der Waals surface area contributed by atoms with Crippen LogP contribution in [-0.4, -0.2) is 36.0 Å². The van der Waals surface area contributed by atoms with Crippen LogP contribution in [0.5, 0.6) is 0 Å². The fourth-order valence-electron chi connectivity index (χ4n) is 1.82. The van der Waals surface area contributed by atoms with Crippen molar-refractivity contribution in [1.82, 2.24) is 0 Å². The fraction of sp³-hybridized carbons (Fsp3) is 0.933. The number of hydrogen-bond donors (Lipinski definition) is 2. The summed E-state index contributed by atoms with van der Waals surface area (Å²) in [6, 6.07) is 0. The maximum absolute atomic E-state index is 11.5. The Morgan fingerprint density at radius 2 is 1.58 bits per heavy atom. The molecule has 0 atom stereocenters. The quantitative estimate of drug-likeness (QED) is 0.424. The predicted octanol–water partition coefficient (Wildman–Crippen LogP) is 2.66. The molecule has 0 saturated heterocycles. The molecule has 4 nitrogen and oxygen atoms in total. The fourth-order valence-corrected chi connectivity index (χ4v) is 1.82. The van der Waals surface area contributed by atoms with Crippen molar-refractivity contribution in [3.8, 4) is 0 Å². The molecule has 2 N–H and O–H groups in total. The lowest BCUT2D eigenvalue weighted by atomic mass is 9.88. The first-order chi connectivity index (χ1) is 9.14. The molecule has 0 heterocycles. The van der Waals surface area contributed by atoms with Crippen LogP contribution in [0.15, 0.2) is 0 Å². The SMILES string of the molecule is CCCCCCCCC(=O)OCC(CC)(CO)CO. The van der Waals surface area contributed by atoms with E-state index in [4.69, 9.17) is 4.74 Å². The maximum atomic E-state index is 11.5. The second-order valence-electron chi connectivity index (χ2n) is 5.35. The Balaban J connectivity index is 3.69. The Morgan fingerprint density at radius 1 is 1.00 bits per heavy atom. The number of aliphatic hydroxyl groups excluding tert-OH is 2. The van der Waals surface area contributed by atoms with Gasteiger partial charge in [0.2, 0.25) is 0 Å². The topological polar surface area (TPSA) is 66.8 Å². The molecule has 0 unspecified atom stereocenters. The lowest BCUT2D eigenvalue weighted by Gasteiger charge is -2.27. The van der Waals surface area contributed by atoms with Crippen LogP contribution in [0.3, 0.4) is 0 Å². The third kappa shape index (κ3) is 8.22. The summed E-state index contributed by atoms with van der Waals surface area (Å²) in [5, 5.41) is 18.5. The Bertz CT molecular complexity index is 216. The largest absolute Gasteiger partial charge is 0.465 e. The van der Waals surface area contributed by atoms with Gasteiger partial charge >= 0.3 is 5.97 Å².